The molecule has 2 aliphatic rings. The Morgan fingerprint density at radius 1 is 1.21 bits per heavy atom. The van der Waals surface area contributed by atoms with Crippen LogP contribution in [0, 0.1) is 23.4 Å². The zero-order valence-electron chi connectivity index (χ0n) is 12.8. The standard InChI is InChI=1S/C16H17F3N2O3/c17-11-4-9(5-12(18)14(11)19)10-6-13(10)20-16(24)21-3-1-2-8(7-21)15(22)23/h4-5,8,10,13H,1-3,6-7H2,(H,20,24)(H,22,23)/t8?,10-,13+/m0/s1. The van der Waals surface area contributed by atoms with E-state index in [1.807, 2.05) is 0 Å². The highest BCUT2D eigenvalue weighted by Crippen LogP contribution is 2.41. The molecule has 8 heteroatoms. The van der Waals surface area contributed by atoms with Crippen LogP contribution in [0.5, 0.6) is 0 Å². The first-order chi connectivity index (χ1) is 11.4. The Balaban J connectivity index is 1.58. The third-order valence-electron chi connectivity index (χ3n) is 4.59. The summed E-state index contributed by atoms with van der Waals surface area (Å²) in [4.78, 5) is 24.7. The molecule has 1 aromatic rings. The molecule has 2 amide bonds. The van der Waals surface area contributed by atoms with Crippen LogP contribution >= 0.6 is 0 Å². The van der Waals surface area contributed by atoms with E-state index >= 15 is 0 Å². The van der Waals surface area contributed by atoms with Gasteiger partial charge in [0.1, 0.15) is 0 Å². The van der Waals surface area contributed by atoms with Crippen LogP contribution in [0.25, 0.3) is 0 Å². The van der Waals surface area contributed by atoms with Crippen LogP contribution in [0.1, 0.15) is 30.7 Å². The van der Waals surface area contributed by atoms with Crippen LogP contribution in [0.4, 0.5) is 18.0 Å². The lowest BCUT2D eigenvalue weighted by Crippen LogP contribution is -2.47. The summed E-state index contributed by atoms with van der Waals surface area (Å²) in [6.45, 7) is 0.630. The Kier molecular flexibility index (Phi) is 4.38. The Bertz CT molecular complexity index is 660. The van der Waals surface area contributed by atoms with Gasteiger partial charge in [0.2, 0.25) is 0 Å². The maximum atomic E-state index is 13.3. The van der Waals surface area contributed by atoms with Crippen LogP contribution in [0.3, 0.4) is 0 Å². The average molecular weight is 342 g/mol. The van der Waals surface area contributed by atoms with Crippen LogP contribution in [-0.2, 0) is 4.79 Å². The quantitative estimate of drug-likeness (QED) is 0.829. The predicted octanol–water partition coefficient (Wildman–Crippen LogP) is 2.47. The first-order valence-electron chi connectivity index (χ1n) is 7.79. The van der Waals surface area contributed by atoms with E-state index in [0.717, 1.165) is 12.1 Å². The monoisotopic (exact) mass is 342 g/mol. The van der Waals surface area contributed by atoms with Gasteiger partial charge in [0, 0.05) is 25.0 Å². The van der Waals surface area contributed by atoms with Crippen molar-refractivity contribution in [2.24, 2.45) is 5.92 Å². The molecular formula is C16H17F3N2O3. The minimum absolute atomic E-state index is 0.151. The molecule has 0 spiro atoms. The van der Waals surface area contributed by atoms with Crippen molar-refractivity contribution >= 4 is 12.0 Å². The number of nitrogens with zero attached hydrogens (tertiary/aromatic N) is 1. The summed E-state index contributed by atoms with van der Waals surface area (Å²) < 4.78 is 39.5. The Morgan fingerprint density at radius 3 is 2.50 bits per heavy atom. The molecule has 2 fully saturated rings. The van der Waals surface area contributed by atoms with Crippen molar-refractivity contribution in [1.29, 1.82) is 0 Å². The number of urea groups is 1. The van der Waals surface area contributed by atoms with Crippen LogP contribution in [0.15, 0.2) is 12.1 Å². The topological polar surface area (TPSA) is 69.6 Å². The third kappa shape index (κ3) is 3.32. The van der Waals surface area contributed by atoms with Gasteiger partial charge in [0.05, 0.1) is 5.92 Å². The van der Waals surface area contributed by atoms with Crippen molar-refractivity contribution in [3.05, 3.63) is 35.1 Å². The second-order valence-electron chi connectivity index (χ2n) is 6.32. The summed E-state index contributed by atoms with van der Waals surface area (Å²) in [6.07, 6.45) is 1.67. The molecule has 1 unspecified atom stereocenters. The molecule has 1 aliphatic heterocycles. The molecule has 1 heterocycles. The van der Waals surface area contributed by atoms with Gasteiger partial charge >= 0.3 is 12.0 Å². The molecule has 3 rings (SSSR count). The number of hydrogen-bond donors (Lipinski definition) is 2. The van der Waals surface area contributed by atoms with E-state index in [2.05, 4.69) is 5.32 Å². The molecule has 24 heavy (non-hydrogen) atoms. The highest BCUT2D eigenvalue weighted by Gasteiger charge is 2.41. The summed E-state index contributed by atoms with van der Waals surface area (Å²) in [6, 6.07) is 1.22. The number of piperidine rings is 1. The largest absolute Gasteiger partial charge is 0.481 e. The summed E-state index contributed by atoms with van der Waals surface area (Å²) in [5.74, 6) is -5.76. The Labute approximate surface area is 136 Å². The molecule has 0 radical (unpaired) electrons. The molecule has 1 aromatic carbocycles. The maximum Gasteiger partial charge on any atom is 0.317 e. The van der Waals surface area contributed by atoms with Gasteiger partial charge in [-0.1, -0.05) is 0 Å². The molecule has 1 aliphatic carbocycles. The van der Waals surface area contributed by atoms with Gasteiger partial charge in [-0.05, 0) is 37.0 Å². The Hall–Kier alpha value is -2.25. The number of likely N-dealkylation sites (tertiary alicyclic amines) is 1. The van der Waals surface area contributed by atoms with Gasteiger partial charge in [-0.25, -0.2) is 18.0 Å². The number of rotatable bonds is 3. The van der Waals surface area contributed by atoms with E-state index in [9.17, 15) is 22.8 Å². The van der Waals surface area contributed by atoms with Gasteiger partial charge < -0.3 is 15.3 Å². The number of aliphatic carboxylic acids is 1. The fourth-order valence-corrected chi connectivity index (χ4v) is 3.13. The van der Waals surface area contributed by atoms with Crippen LogP contribution in [0.2, 0.25) is 0 Å². The second kappa shape index (κ2) is 6.33. The van der Waals surface area contributed by atoms with E-state index in [-0.39, 0.29) is 24.5 Å². The molecule has 3 atom stereocenters. The van der Waals surface area contributed by atoms with Gasteiger partial charge in [0.15, 0.2) is 17.5 Å². The smallest absolute Gasteiger partial charge is 0.317 e. The van der Waals surface area contributed by atoms with Crippen molar-refractivity contribution in [3.8, 4) is 0 Å². The molecule has 0 aromatic heterocycles. The fraction of sp³-hybridized carbons (Fsp3) is 0.500. The average Bonchev–Trinajstić information content (AvgIpc) is 3.31. The number of carboxylic acid groups (broad SMARTS) is 1. The number of hydrogen-bond acceptors (Lipinski definition) is 2. The van der Waals surface area contributed by atoms with Crippen molar-refractivity contribution in [1.82, 2.24) is 10.2 Å². The molecule has 0 bridgehead atoms. The van der Waals surface area contributed by atoms with Gasteiger partial charge in [-0.15, -0.1) is 0 Å². The molecule has 1 saturated heterocycles. The normalized spacial score (nSPS) is 26.1. The van der Waals surface area contributed by atoms with Crippen molar-refractivity contribution < 1.29 is 27.9 Å². The van der Waals surface area contributed by atoms with E-state index in [0.29, 0.717) is 31.4 Å². The number of nitrogens with one attached hydrogen (secondary N) is 1. The highest BCUT2D eigenvalue weighted by molar-refractivity contribution is 5.77. The summed E-state index contributed by atoms with van der Waals surface area (Å²) in [5.41, 5.74) is 0.304. The fourth-order valence-electron chi connectivity index (χ4n) is 3.13. The minimum Gasteiger partial charge on any atom is -0.481 e. The van der Waals surface area contributed by atoms with Gasteiger partial charge in [0.25, 0.3) is 0 Å². The molecule has 130 valence electrons. The SMILES string of the molecule is O=C(O)C1CCCN(C(=O)N[C@@H]2C[C@H]2c2cc(F)c(F)c(F)c2)C1. The zero-order valence-corrected chi connectivity index (χ0v) is 12.8. The zero-order chi connectivity index (χ0) is 17.4. The van der Waals surface area contributed by atoms with Gasteiger partial charge in [-0.2, -0.15) is 0 Å². The number of carbonyl (C=O) groups excluding carboxylic acids is 1. The summed E-state index contributed by atoms with van der Waals surface area (Å²) >= 11 is 0. The number of amides is 2. The molecule has 5 nitrogen and oxygen atoms in total. The summed E-state index contributed by atoms with van der Waals surface area (Å²) in [5, 5.41) is 11.8. The van der Waals surface area contributed by atoms with Gasteiger partial charge in [-0.3, -0.25) is 4.79 Å². The number of carbonyl (C=O) groups is 2. The molecule has 1 saturated carbocycles. The number of benzene rings is 1. The first kappa shape index (κ1) is 16.6. The van der Waals surface area contributed by atoms with Crippen molar-refractivity contribution in [3.63, 3.8) is 0 Å². The lowest BCUT2D eigenvalue weighted by Gasteiger charge is -2.30. The maximum absolute atomic E-state index is 13.3. The van der Waals surface area contributed by atoms with Crippen molar-refractivity contribution in [2.75, 3.05) is 13.1 Å². The molecule has 2 N–H and O–H groups in total. The summed E-state index contributed by atoms with van der Waals surface area (Å²) in [7, 11) is 0. The van der Waals surface area contributed by atoms with E-state index in [4.69, 9.17) is 5.11 Å². The first-order valence-corrected chi connectivity index (χ1v) is 7.79. The van der Waals surface area contributed by atoms with Crippen LogP contribution in [-0.4, -0.2) is 41.1 Å². The Morgan fingerprint density at radius 2 is 1.88 bits per heavy atom. The molecular weight excluding hydrogens is 325 g/mol. The van der Waals surface area contributed by atoms with Crippen LogP contribution < -0.4 is 5.32 Å². The van der Waals surface area contributed by atoms with E-state index in [1.54, 1.807) is 0 Å². The lowest BCUT2D eigenvalue weighted by atomic mass is 9.99. The van der Waals surface area contributed by atoms with E-state index in [1.165, 1.54) is 4.90 Å². The van der Waals surface area contributed by atoms with Crippen molar-refractivity contribution in [2.45, 2.75) is 31.2 Å². The second-order valence-corrected chi connectivity index (χ2v) is 6.32. The number of carboxylic acids is 1. The minimum atomic E-state index is -1.51. The predicted molar refractivity (Wildman–Crippen MR) is 77.9 cm³/mol. The van der Waals surface area contributed by atoms with E-state index < -0.39 is 29.3 Å². The highest BCUT2D eigenvalue weighted by atomic mass is 19.2. The third-order valence-corrected chi connectivity index (χ3v) is 4.59. The number of halogens is 3. The lowest BCUT2D eigenvalue weighted by molar-refractivity contribution is -0.143.